The molecule has 19 heavy (non-hydrogen) atoms. The van der Waals surface area contributed by atoms with Crippen LogP contribution >= 0.6 is 11.3 Å². The number of carboxylic acids is 1. The van der Waals surface area contributed by atoms with Crippen molar-refractivity contribution in [3.8, 4) is 0 Å². The van der Waals surface area contributed by atoms with Crippen molar-refractivity contribution in [1.82, 2.24) is 9.38 Å². The number of nitrogens with zero attached hydrogens (tertiary/aromatic N) is 3. The summed E-state index contributed by atoms with van der Waals surface area (Å²) >= 11 is 1.47. The molecule has 2 aromatic heterocycles. The van der Waals surface area contributed by atoms with Gasteiger partial charge in [0.05, 0.1) is 0 Å². The van der Waals surface area contributed by atoms with E-state index in [1.165, 1.54) is 17.8 Å². The molecule has 3 rings (SSSR count). The highest BCUT2D eigenvalue weighted by molar-refractivity contribution is 7.15. The van der Waals surface area contributed by atoms with Gasteiger partial charge in [0.1, 0.15) is 0 Å². The largest absolute Gasteiger partial charge is 0.476 e. The summed E-state index contributed by atoms with van der Waals surface area (Å²) in [6.45, 7) is 4.02. The Morgan fingerprint density at radius 1 is 1.63 bits per heavy atom. The normalized spacial score (nSPS) is 20.1. The molecule has 1 saturated heterocycles. The molecule has 3 heterocycles. The van der Waals surface area contributed by atoms with Crippen molar-refractivity contribution < 1.29 is 9.90 Å². The first-order chi connectivity index (χ1) is 9.20. The summed E-state index contributed by atoms with van der Waals surface area (Å²) < 4.78 is 1.68. The predicted molar refractivity (Wildman–Crippen MR) is 75.3 cm³/mol. The molecule has 0 aliphatic carbocycles. The number of fused-ring (bicyclic) bond motifs is 1. The summed E-state index contributed by atoms with van der Waals surface area (Å²) in [7, 11) is 0. The monoisotopic (exact) mass is 279 g/mol. The molecule has 0 aromatic carbocycles. The van der Waals surface area contributed by atoms with Crippen LogP contribution in [0.15, 0.2) is 11.6 Å². The Kier molecular flexibility index (Phi) is 3.18. The summed E-state index contributed by atoms with van der Waals surface area (Å²) in [4.78, 5) is 18.9. The third-order valence-electron chi connectivity index (χ3n) is 3.84. The molecule has 2 aromatic rings. The van der Waals surface area contributed by atoms with Crippen LogP contribution in [0.3, 0.4) is 0 Å². The zero-order chi connectivity index (χ0) is 13.4. The van der Waals surface area contributed by atoms with E-state index in [1.807, 2.05) is 5.38 Å². The Morgan fingerprint density at radius 2 is 2.47 bits per heavy atom. The number of rotatable bonds is 3. The number of hydrogen-bond donors (Lipinski definition) is 1. The van der Waals surface area contributed by atoms with E-state index in [4.69, 9.17) is 0 Å². The highest BCUT2D eigenvalue weighted by Gasteiger charge is 2.27. The summed E-state index contributed by atoms with van der Waals surface area (Å²) in [6, 6.07) is 0. The number of thiazole rings is 1. The number of aromatic carboxylic acids is 1. The lowest BCUT2D eigenvalue weighted by atomic mass is 9.95. The SMILES string of the molecule is CCC1CCCN(c2nc3sccn3c2C(=O)O)C1. The zero-order valence-electron chi connectivity index (χ0n) is 10.9. The second kappa shape index (κ2) is 4.85. The van der Waals surface area contributed by atoms with Crippen LogP contribution in [0, 0.1) is 5.92 Å². The van der Waals surface area contributed by atoms with E-state index in [2.05, 4.69) is 16.8 Å². The standard InChI is InChI=1S/C13H17N3O2S/c1-2-9-4-3-5-15(8-9)11-10(12(17)18)16-6-7-19-13(16)14-11/h6-7,9H,2-5,8H2,1H3,(H,17,18). The molecule has 5 nitrogen and oxygen atoms in total. The minimum absolute atomic E-state index is 0.299. The number of carboxylic acid groups (broad SMARTS) is 1. The molecule has 1 atom stereocenters. The van der Waals surface area contributed by atoms with Gasteiger partial charge in [0.2, 0.25) is 0 Å². The number of hydrogen-bond acceptors (Lipinski definition) is 4. The lowest BCUT2D eigenvalue weighted by molar-refractivity contribution is 0.0690. The maximum atomic E-state index is 11.5. The highest BCUT2D eigenvalue weighted by Crippen LogP contribution is 2.29. The summed E-state index contributed by atoms with van der Waals surface area (Å²) in [5.74, 6) is 0.382. The summed E-state index contributed by atoms with van der Waals surface area (Å²) in [5.41, 5.74) is 0.299. The third kappa shape index (κ3) is 2.10. The van der Waals surface area contributed by atoms with Gasteiger partial charge in [-0.05, 0) is 18.8 Å². The van der Waals surface area contributed by atoms with Crippen LogP contribution in [-0.2, 0) is 0 Å². The van der Waals surface area contributed by atoms with E-state index in [9.17, 15) is 9.90 Å². The van der Waals surface area contributed by atoms with Crippen LogP contribution < -0.4 is 4.90 Å². The smallest absolute Gasteiger partial charge is 0.356 e. The number of imidazole rings is 1. The summed E-state index contributed by atoms with van der Waals surface area (Å²) in [5, 5.41) is 11.3. The van der Waals surface area contributed by atoms with Crippen LogP contribution in [-0.4, -0.2) is 33.6 Å². The molecule has 0 bridgehead atoms. The van der Waals surface area contributed by atoms with Gasteiger partial charge < -0.3 is 10.0 Å². The average Bonchev–Trinajstić information content (AvgIpc) is 2.98. The summed E-state index contributed by atoms with van der Waals surface area (Å²) in [6.07, 6.45) is 5.27. The Hall–Kier alpha value is -1.56. The molecule has 0 amide bonds. The molecular weight excluding hydrogens is 262 g/mol. The molecule has 102 valence electrons. The second-order valence-corrected chi connectivity index (χ2v) is 5.88. The zero-order valence-corrected chi connectivity index (χ0v) is 11.7. The van der Waals surface area contributed by atoms with Gasteiger partial charge in [-0.1, -0.05) is 13.3 Å². The fourth-order valence-corrected chi connectivity index (χ4v) is 3.49. The Morgan fingerprint density at radius 3 is 3.21 bits per heavy atom. The molecule has 6 heteroatoms. The van der Waals surface area contributed by atoms with Crippen LogP contribution in [0.1, 0.15) is 36.7 Å². The Balaban J connectivity index is 2.01. The van der Waals surface area contributed by atoms with Gasteiger partial charge in [-0.2, -0.15) is 0 Å². The predicted octanol–water partition coefficient (Wildman–Crippen LogP) is 2.72. The average molecular weight is 279 g/mol. The van der Waals surface area contributed by atoms with Gasteiger partial charge in [-0.25, -0.2) is 9.78 Å². The maximum absolute atomic E-state index is 11.5. The molecule has 0 spiro atoms. The van der Waals surface area contributed by atoms with Crippen molar-refractivity contribution in [2.45, 2.75) is 26.2 Å². The van der Waals surface area contributed by atoms with Crippen molar-refractivity contribution in [2.24, 2.45) is 5.92 Å². The number of carbonyl (C=O) groups is 1. The molecule has 0 radical (unpaired) electrons. The van der Waals surface area contributed by atoms with Crippen LogP contribution in [0.5, 0.6) is 0 Å². The molecule has 1 N–H and O–H groups in total. The molecule has 0 saturated carbocycles. The van der Waals surface area contributed by atoms with Crippen LogP contribution in [0.4, 0.5) is 5.82 Å². The van der Waals surface area contributed by atoms with Gasteiger partial charge in [-0.3, -0.25) is 4.40 Å². The van der Waals surface area contributed by atoms with Crippen LogP contribution in [0.25, 0.3) is 4.96 Å². The van der Waals surface area contributed by atoms with Gasteiger partial charge in [0, 0.05) is 24.7 Å². The lowest BCUT2D eigenvalue weighted by Crippen LogP contribution is -2.36. The molecule has 1 fully saturated rings. The topological polar surface area (TPSA) is 57.8 Å². The quantitative estimate of drug-likeness (QED) is 0.938. The van der Waals surface area contributed by atoms with E-state index in [0.717, 1.165) is 30.9 Å². The fourth-order valence-electron chi connectivity index (χ4n) is 2.78. The van der Waals surface area contributed by atoms with Crippen LogP contribution in [0.2, 0.25) is 0 Å². The Bertz CT molecular complexity index is 604. The molecule has 1 unspecified atom stereocenters. The third-order valence-corrected chi connectivity index (χ3v) is 4.60. The number of piperidine rings is 1. The molecule has 1 aliphatic heterocycles. The van der Waals surface area contributed by atoms with Gasteiger partial charge >= 0.3 is 5.97 Å². The fraction of sp³-hybridized carbons (Fsp3) is 0.538. The Labute approximate surface area is 115 Å². The van der Waals surface area contributed by atoms with Gasteiger partial charge in [-0.15, -0.1) is 11.3 Å². The first kappa shape index (κ1) is 12.5. The second-order valence-electron chi connectivity index (χ2n) is 5.01. The van der Waals surface area contributed by atoms with Gasteiger partial charge in [0.25, 0.3) is 0 Å². The maximum Gasteiger partial charge on any atom is 0.356 e. The van der Waals surface area contributed by atoms with E-state index in [-0.39, 0.29) is 0 Å². The minimum Gasteiger partial charge on any atom is -0.476 e. The molecule has 1 aliphatic rings. The van der Waals surface area contributed by atoms with Crippen molar-refractivity contribution in [1.29, 1.82) is 0 Å². The first-order valence-corrected chi connectivity index (χ1v) is 7.52. The minimum atomic E-state index is -0.903. The van der Waals surface area contributed by atoms with E-state index >= 15 is 0 Å². The number of anilines is 1. The van der Waals surface area contributed by atoms with Crippen molar-refractivity contribution >= 4 is 28.1 Å². The van der Waals surface area contributed by atoms with Crippen molar-refractivity contribution in [3.05, 3.63) is 17.3 Å². The highest BCUT2D eigenvalue weighted by atomic mass is 32.1. The lowest BCUT2D eigenvalue weighted by Gasteiger charge is -2.32. The van der Waals surface area contributed by atoms with E-state index < -0.39 is 5.97 Å². The van der Waals surface area contributed by atoms with Crippen molar-refractivity contribution in [3.63, 3.8) is 0 Å². The number of aromatic nitrogens is 2. The first-order valence-electron chi connectivity index (χ1n) is 6.64. The van der Waals surface area contributed by atoms with E-state index in [1.54, 1.807) is 10.6 Å². The van der Waals surface area contributed by atoms with Crippen molar-refractivity contribution in [2.75, 3.05) is 18.0 Å². The van der Waals surface area contributed by atoms with Gasteiger partial charge in [0.15, 0.2) is 16.5 Å². The molecular formula is C13H17N3O2S. The van der Waals surface area contributed by atoms with E-state index in [0.29, 0.717) is 17.4 Å².